The van der Waals surface area contributed by atoms with Gasteiger partial charge in [-0.25, -0.2) is 0 Å². The molecule has 104 valence electrons. The lowest BCUT2D eigenvalue weighted by atomic mass is 10.1. The van der Waals surface area contributed by atoms with Crippen LogP contribution in [0.4, 0.5) is 13.2 Å². The fourth-order valence-corrected chi connectivity index (χ4v) is 1.72. The van der Waals surface area contributed by atoms with Gasteiger partial charge in [0.25, 0.3) is 0 Å². The monoisotopic (exact) mass is 254 g/mol. The van der Waals surface area contributed by atoms with Crippen LogP contribution < -0.4 is 5.32 Å². The number of rotatable bonds is 9. The highest BCUT2D eigenvalue weighted by molar-refractivity contribution is 4.67. The Balaban J connectivity index is 3.71. The Labute approximate surface area is 103 Å². The van der Waals surface area contributed by atoms with Crippen molar-refractivity contribution in [3.63, 3.8) is 0 Å². The summed E-state index contributed by atoms with van der Waals surface area (Å²) in [5.74, 6) is 0. The molecule has 0 unspecified atom stereocenters. The van der Waals surface area contributed by atoms with Gasteiger partial charge in [-0.3, -0.25) is 4.90 Å². The van der Waals surface area contributed by atoms with E-state index in [0.717, 1.165) is 32.2 Å². The molecule has 0 aliphatic rings. The summed E-state index contributed by atoms with van der Waals surface area (Å²) in [6.45, 7) is 4.36. The van der Waals surface area contributed by atoms with E-state index in [0.29, 0.717) is 6.54 Å². The predicted octanol–water partition coefficient (Wildman–Crippen LogP) is 3.04. The minimum atomic E-state index is -4.09. The van der Waals surface area contributed by atoms with Crippen LogP contribution in [0.3, 0.4) is 0 Å². The largest absolute Gasteiger partial charge is 0.401 e. The molecule has 0 saturated carbocycles. The molecule has 0 heterocycles. The van der Waals surface area contributed by atoms with Gasteiger partial charge < -0.3 is 5.32 Å². The molecule has 0 aromatic carbocycles. The van der Waals surface area contributed by atoms with Crippen molar-refractivity contribution in [3.05, 3.63) is 0 Å². The third-order valence-corrected chi connectivity index (χ3v) is 2.73. The van der Waals surface area contributed by atoms with E-state index in [-0.39, 0.29) is 6.04 Å². The van der Waals surface area contributed by atoms with Crippen molar-refractivity contribution in [2.24, 2.45) is 0 Å². The van der Waals surface area contributed by atoms with Crippen molar-refractivity contribution in [1.82, 2.24) is 10.2 Å². The van der Waals surface area contributed by atoms with Crippen molar-refractivity contribution in [3.8, 4) is 0 Å². The van der Waals surface area contributed by atoms with Gasteiger partial charge in [-0.05, 0) is 46.8 Å². The molecule has 0 radical (unpaired) electrons. The standard InChI is InChI=1S/C12H25F3N2/c1-11(2)17(10-12(13,14)15)9-7-5-4-6-8-16-3/h11,16H,4-10H2,1-3H3. The number of nitrogens with zero attached hydrogens (tertiary/aromatic N) is 1. The van der Waals surface area contributed by atoms with Gasteiger partial charge in [0.2, 0.25) is 0 Å². The number of hydrogen-bond acceptors (Lipinski definition) is 2. The minimum absolute atomic E-state index is 0.0473. The molecule has 0 atom stereocenters. The van der Waals surface area contributed by atoms with Crippen LogP contribution in [0.1, 0.15) is 39.5 Å². The summed E-state index contributed by atoms with van der Waals surface area (Å²) in [7, 11) is 1.91. The van der Waals surface area contributed by atoms with Gasteiger partial charge in [0.1, 0.15) is 0 Å². The Kier molecular flexibility index (Phi) is 8.60. The fraction of sp³-hybridized carbons (Fsp3) is 1.00. The molecule has 17 heavy (non-hydrogen) atoms. The van der Waals surface area contributed by atoms with Crippen molar-refractivity contribution in [1.29, 1.82) is 0 Å². The summed E-state index contributed by atoms with van der Waals surface area (Å²) in [6, 6.07) is -0.0473. The fourth-order valence-electron chi connectivity index (χ4n) is 1.72. The summed E-state index contributed by atoms with van der Waals surface area (Å²) >= 11 is 0. The molecule has 1 N–H and O–H groups in total. The van der Waals surface area contributed by atoms with Crippen LogP contribution in [0.2, 0.25) is 0 Å². The van der Waals surface area contributed by atoms with E-state index in [9.17, 15) is 13.2 Å². The molecular formula is C12H25F3N2. The molecule has 0 saturated heterocycles. The van der Waals surface area contributed by atoms with E-state index in [1.807, 2.05) is 20.9 Å². The Morgan fingerprint density at radius 2 is 1.65 bits per heavy atom. The third kappa shape index (κ3) is 10.6. The van der Waals surface area contributed by atoms with Crippen LogP contribution in [-0.2, 0) is 0 Å². The number of nitrogens with one attached hydrogen (secondary N) is 1. The van der Waals surface area contributed by atoms with E-state index in [4.69, 9.17) is 0 Å². The van der Waals surface area contributed by atoms with Gasteiger partial charge in [0.05, 0.1) is 6.54 Å². The van der Waals surface area contributed by atoms with Gasteiger partial charge in [-0.15, -0.1) is 0 Å². The van der Waals surface area contributed by atoms with E-state index in [2.05, 4.69) is 5.32 Å². The summed E-state index contributed by atoms with van der Waals surface area (Å²) in [4.78, 5) is 1.50. The number of unbranched alkanes of at least 4 members (excludes halogenated alkanes) is 3. The average Bonchev–Trinajstić information content (AvgIpc) is 2.19. The van der Waals surface area contributed by atoms with Crippen LogP contribution in [0, 0.1) is 0 Å². The molecule has 0 aromatic heterocycles. The first kappa shape index (κ1) is 16.7. The topological polar surface area (TPSA) is 15.3 Å². The number of alkyl halides is 3. The lowest BCUT2D eigenvalue weighted by Crippen LogP contribution is -2.39. The Bertz CT molecular complexity index is 181. The Morgan fingerprint density at radius 3 is 2.12 bits per heavy atom. The molecular weight excluding hydrogens is 229 g/mol. The molecule has 0 aliphatic heterocycles. The molecule has 0 spiro atoms. The highest BCUT2D eigenvalue weighted by Gasteiger charge is 2.31. The smallest absolute Gasteiger partial charge is 0.320 e. The highest BCUT2D eigenvalue weighted by Crippen LogP contribution is 2.18. The van der Waals surface area contributed by atoms with Gasteiger partial charge in [-0.2, -0.15) is 13.2 Å². The lowest BCUT2D eigenvalue weighted by Gasteiger charge is -2.27. The Morgan fingerprint density at radius 1 is 1.06 bits per heavy atom. The SMILES string of the molecule is CNCCCCCCN(CC(F)(F)F)C(C)C. The summed E-state index contributed by atoms with van der Waals surface area (Å²) in [6.07, 6.45) is -0.0621. The maximum Gasteiger partial charge on any atom is 0.401 e. The second kappa shape index (κ2) is 8.75. The molecule has 2 nitrogen and oxygen atoms in total. The van der Waals surface area contributed by atoms with Crippen LogP contribution in [0.25, 0.3) is 0 Å². The van der Waals surface area contributed by atoms with Gasteiger partial charge in [0, 0.05) is 6.04 Å². The van der Waals surface area contributed by atoms with Crippen molar-refractivity contribution < 1.29 is 13.2 Å². The number of hydrogen-bond donors (Lipinski definition) is 1. The van der Waals surface area contributed by atoms with Gasteiger partial charge >= 0.3 is 6.18 Å². The van der Waals surface area contributed by atoms with Crippen LogP contribution in [0.15, 0.2) is 0 Å². The van der Waals surface area contributed by atoms with Crippen molar-refractivity contribution in [2.75, 3.05) is 26.7 Å². The maximum atomic E-state index is 12.3. The van der Waals surface area contributed by atoms with Crippen LogP contribution in [0.5, 0.6) is 0 Å². The van der Waals surface area contributed by atoms with E-state index >= 15 is 0 Å². The molecule has 0 amide bonds. The zero-order chi connectivity index (χ0) is 13.3. The Hall–Kier alpha value is -0.290. The molecule has 0 aromatic rings. The lowest BCUT2D eigenvalue weighted by molar-refractivity contribution is -0.149. The van der Waals surface area contributed by atoms with E-state index in [1.54, 1.807) is 0 Å². The average molecular weight is 254 g/mol. The normalized spacial score (nSPS) is 12.7. The number of halogens is 3. The van der Waals surface area contributed by atoms with Gasteiger partial charge in [0.15, 0.2) is 0 Å². The van der Waals surface area contributed by atoms with E-state index in [1.165, 1.54) is 4.90 Å². The third-order valence-electron chi connectivity index (χ3n) is 2.73. The molecule has 0 bridgehead atoms. The molecule has 0 aliphatic carbocycles. The first-order valence-corrected chi connectivity index (χ1v) is 6.32. The van der Waals surface area contributed by atoms with Crippen molar-refractivity contribution in [2.45, 2.75) is 51.7 Å². The van der Waals surface area contributed by atoms with Crippen LogP contribution in [-0.4, -0.2) is 43.8 Å². The van der Waals surface area contributed by atoms with Crippen molar-refractivity contribution >= 4 is 0 Å². The van der Waals surface area contributed by atoms with Crippen LogP contribution >= 0.6 is 0 Å². The summed E-state index contributed by atoms with van der Waals surface area (Å²) in [5.41, 5.74) is 0. The summed E-state index contributed by atoms with van der Waals surface area (Å²) in [5, 5.41) is 3.06. The first-order valence-electron chi connectivity index (χ1n) is 6.32. The highest BCUT2D eigenvalue weighted by atomic mass is 19.4. The minimum Gasteiger partial charge on any atom is -0.320 e. The first-order chi connectivity index (χ1) is 7.87. The zero-order valence-corrected chi connectivity index (χ0v) is 11.1. The second-order valence-electron chi connectivity index (χ2n) is 4.70. The zero-order valence-electron chi connectivity index (χ0n) is 11.1. The molecule has 0 fully saturated rings. The summed E-state index contributed by atoms with van der Waals surface area (Å²) < 4.78 is 36.9. The second-order valence-corrected chi connectivity index (χ2v) is 4.70. The maximum absolute atomic E-state index is 12.3. The van der Waals surface area contributed by atoms with E-state index < -0.39 is 12.7 Å². The molecule has 5 heteroatoms. The quantitative estimate of drug-likeness (QED) is 0.636. The molecule has 0 rings (SSSR count). The van der Waals surface area contributed by atoms with Gasteiger partial charge in [-0.1, -0.05) is 12.8 Å². The predicted molar refractivity (Wildman–Crippen MR) is 65.2 cm³/mol.